The minimum Gasteiger partial charge on any atom is -0.336 e. The Morgan fingerprint density at radius 3 is 2.00 bits per heavy atom. The summed E-state index contributed by atoms with van der Waals surface area (Å²) < 4.78 is 28.0. The highest BCUT2D eigenvalue weighted by Crippen LogP contribution is 2.23. The van der Waals surface area contributed by atoms with Crippen molar-refractivity contribution in [1.29, 1.82) is 0 Å². The van der Waals surface area contributed by atoms with Crippen molar-refractivity contribution in [2.75, 3.05) is 39.3 Å². The number of carbonyl (C=O) groups is 1. The number of sulfonamides is 1. The molecule has 0 aliphatic carbocycles. The molecule has 0 N–H and O–H groups in total. The van der Waals surface area contributed by atoms with Gasteiger partial charge >= 0.3 is 0 Å². The highest BCUT2D eigenvalue weighted by atomic mass is 32.2. The van der Waals surface area contributed by atoms with E-state index in [0.29, 0.717) is 48.5 Å². The van der Waals surface area contributed by atoms with Crippen LogP contribution >= 0.6 is 0 Å². The van der Waals surface area contributed by atoms with Crippen molar-refractivity contribution >= 4 is 26.7 Å². The molecule has 0 radical (unpaired) electrons. The summed E-state index contributed by atoms with van der Waals surface area (Å²) in [4.78, 5) is 17.7. The Labute approximate surface area is 221 Å². The van der Waals surface area contributed by atoms with Crippen LogP contribution < -0.4 is 0 Å². The van der Waals surface area contributed by atoms with Gasteiger partial charge < -0.3 is 4.90 Å². The summed E-state index contributed by atoms with van der Waals surface area (Å²) in [6.45, 7) is 13.3. The number of piperazine rings is 1. The monoisotopic (exact) mass is 521 g/mol. The van der Waals surface area contributed by atoms with Crippen molar-refractivity contribution in [1.82, 2.24) is 14.1 Å². The van der Waals surface area contributed by atoms with E-state index in [9.17, 15) is 13.2 Å². The molecule has 1 fully saturated rings. The number of hydrogen-bond acceptors (Lipinski definition) is 4. The molecular weight excluding hydrogens is 482 g/mol. The van der Waals surface area contributed by atoms with E-state index in [1.165, 1.54) is 9.87 Å². The standard InChI is InChI=1S/C30H39N3O3S/c1-23(2)20-31(21-24(3)4)22-25-9-11-27(12-10-25)30(34)32-15-17-33(18-16-32)37(35,36)29-14-13-26-7-5-6-8-28(26)19-29/h5-14,19,23-24H,15-18,20-22H2,1-4H3. The van der Waals surface area contributed by atoms with Crippen LogP contribution in [0.1, 0.15) is 43.6 Å². The van der Waals surface area contributed by atoms with Gasteiger partial charge in [-0.3, -0.25) is 9.69 Å². The molecule has 0 atom stereocenters. The van der Waals surface area contributed by atoms with Crippen LogP contribution in [0, 0.1) is 11.8 Å². The Kier molecular flexibility index (Phi) is 8.67. The molecule has 1 aliphatic heterocycles. The van der Waals surface area contributed by atoms with Crippen LogP contribution in [0.15, 0.2) is 71.6 Å². The van der Waals surface area contributed by atoms with Gasteiger partial charge in [-0.15, -0.1) is 0 Å². The molecule has 0 bridgehead atoms. The van der Waals surface area contributed by atoms with E-state index in [2.05, 4.69) is 32.6 Å². The largest absolute Gasteiger partial charge is 0.336 e. The highest BCUT2D eigenvalue weighted by molar-refractivity contribution is 7.89. The van der Waals surface area contributed by atoms with Crippen LogP contribution in [0.25, 0.3) is 10.8 Å². The fourth-order valence-corrected chi connectivity index (χ4v) is 6.50. The molecule has 0 unspecified atom stereocenters. The average molecular weight is 522 g/mol. The summed E-state index contributed by atoms with van der Waals surface area (Å²) in [5.74, 6) is 1.15. The normalized spacial score (nSPS) is 15.3. The van der Waals surface area contributed by atoms with E-state index in [4.69, 9.17) is 0 Å². The zero-order valence-corrected chi connectivity index (χ0v) is 23.2. The smallest absolute Gasteiger partial charge is 0.253 e. The van der Waals surface area contributed by atoms with Gasteiger partial charge in [-0.2, -0.15) is 4.31 Å². The third kappa shape index (κ3) is 6.78. The second-order valence-corrected chi connectivity index (χ2v) is 12.8. The molecule has 4 rings (SSSR count). The van der Waals surface area contributed by atoms with Crippen molar-refractivity contribution in [2.45, 2.75) is 39.1 Å². The fourth-order valence-electron chi connectivity index (χ4n) is 5.04. The Morgan fingerprint density at radius 2 is 1.41 bits per heavy atom. The van der Waals surface area contributed by atoms with Crippen LogP contribution in [0.3, 0.4) is 0 Å². The van der Waals surface area contributed by atoms with Crippen LogP contribution in [0.2, 0.25) is 0 Å². The van der Waals surface area contributed by atoms with E-state index in [1.807, 2.05) is 54.6 Å². The topological polar surface area (TPSA) is 60.9 Å². The van der Waals surface area contributed by atoms with Gasteiger partial charge in [0.15, 0.2) is 0 Å². The van der Waals surface area contributed by atoms with Gasteiger partial charge in [-0.05, 0) is 52.4 Å². The third-order valence-electron chi connectivity index (χ3n) is 6.74. The van der Waals surface area contributed by atoms with Crippen molar-refractivity contribution in [2.24, 2.45) is 11.8 Å². The van der Waals surface area contributed by atoms with E-state index in [1.54, 1.807) is 17.0 Å². The van der Waals surface area contributed by atoms with Gasteiger partial charge in [0.25, 0.3) is 5.91 Å². The van der Waals surface area contributed by atoms with Crippen LogP contribution in [-0.2, 0) is 16.6 Å². The molecular formula is C30H39N3O3S. The molecule has 1 saturated heterocycles. The first-order chi connectivity index (χ1) is 17.6. The predicted molar refractivity (Wildman–Crippen MR) is 150 cm³/mol. The molecule has 0 spiro atoms. The van der Waals surface area contributed by atoms with E-state index in [-0.39, 0.29) is 5.91 Å². The number of hydrogen-bond donors (Lipinski definition) is 0. The van der Waals surface area contributed by atoms with Crippen LogP contribution in [0.5, 0.6) is 0 Å². The first-order valence-corrected chi connectivity index (χ1v) is 14.7. The maximum absolute atomic E-state index is 13.3. The summed E-state index contributed by atoms with van der Waals surface area (Å²) in [6.07, 6.45) is 0. The molecule has 3 aromatic rings. The van der Waals surface area contributed by atoms with Crippen molar-refractivity contribution in [3.05, 3.63) is 77.9 Å². The van der Waals surface area contributed by atoms with Gasteiger partial charge in [0, 0.05) is 51.4 Å². The molecule has 6 nitrogen and oxygen atoms in total. The lowest BCUT2D eigenvalue weighted by Crippen LogP contribution is -2.50. The van der Waals surface area contributed by atoms with Crippen LogP contribution in [-0.4, -0.2) is 67.7 Å². The lowest BCUT2D eigenvalue weighted by molar-refractivity contribution is 0.0698. The molecule has 3 aromatic carbocycles. The molecule has 0 saturated carbocycles. The minimum atomic E-state index is -3.61. The summed E-state index contributed by atoms with van der Waals surface area (Å²) in [5.41, 5.74) is 1.85. The number of carbonyl (C=O) groups excluding carboxylic acids is 1. The van der Waals surface area contributed by atoms with Gasteiger partial charge in [0.1, 0.15) is 0 Å². The summed E-state index contributed by atoms with van der Waals surface area (Å²) in [6, 6.07) is 20.9. The highest BCUT2D eigenvalue weighted by Gasteiger charge is 2.30. The molecule has 37 heavy (non-hydrogen) atoms. The van der Waals surface area contributed by atoms with Gasteiger partial charge in [0.05, 0.1) is 4.90 Å². The van der Waals surface area contributed by atoms with Crippen LogP contribution in [0.4, 0.5) is 0 Å². The Hall–Kier alpha value is -2.74. The molecule has 1 amide bonds. The minimum absolute atomic E-state index is 0.0458. The molecule has 1 aliphatic rings. The van der Waals surface area contributed by atoms with Crippen molar-refractivity contribution < 1.29 is 13.2 Å². The first kappa shape index (κ1) is 27.3. The van der Waals surface area contributed by atoms with E-state index < -0.39 is 10.0 Å². The quantitative estimate of drug-likeness (QED) is 0.393. The van der Waals surface area contributed by atoms with Gasteiger partial charge in [0.2, 0.25) is 10.0 Å². The zero-order valence-electron chi connectivity index (χ0n) is 22.4. The maximum atomic E-state index is 13.3. The van der Waals surface area contributed by atoms with E-state index in [0.717, 1.165) is 30.4 Å². The maximum Gasteiger partial charge on any atom is 0.253 e. The first-order valence-electron chi connectivity index (χ1n) is 13.2. The second kappa shape index (κ2) is 11.8. The Balaban J connectivity index is 1.37. The Bertz CT molecular complexity index is 1300. The number of fused-ring (bicyclic) bond motifs is 1. The number of rotatable bonds is 9. The fraction of sp³-hybridized carbons (Fsp3) is 0.433. The SMILES string of the molecule is CC(C)CN(Cc1ccc(C(=O)N2CCN(S(=O)(=O)c3ccc4ccccc4c3)CC2)cc1)CC(C)C. The zero-order chi connectivity index (χ0) is 26.6. The lowest BCUT2D eigenvalue weighted by atomic mass is 10.1. The molecule has 7 heteroatoms. The van der Waals surface area contributed by atoms with Crippen molar-refractivity contribution in [3.8, 4) is 0 Å². The summed E-state index contributed by atoms with van der Waals surface area (Å²) in [7, 11) is -3.61. The number of amides is 1. The number of nitrogens with zero attached hydrogens (tertiary/aromatic N) is 3. The van der Waals surface area contributed by atoms with E-state index >= 15 is 0 Å². The second-order valence-electron chi connectivity index (χ2n) is 10.9. The Morgan fingerprint density at radius 1 is 0.811 bits per heavy atom. The van der Waals surface area contributed by atoms with Gasteiger partial charge in [-0.25, -0.2) is 8.42 Å². The molecule has 198 valence electrons. The summed E-state index contributed by atoms with van der Waals surface area (Å²) in [5, 5.41) is 1.91. The van der Waals surface area contributed by atoms with Crippen molar-refractivity contribution in [3.63, 3.8) is 0 Å². The number of benzene rings is 3. The lowest BCUT2D eigenvalue weighted by Gasteiger charge is -2.34. The molecule has 1 heterocycles. The third-order valence-corrected chi connectivity index (χ3v) is 8.63. The summed E-state index contributed by atoms with van der Waals surface area (Å²) >= 11 is 0. The predicted octanol–water partition coefficient (Wildman–Crippen LogP) is 5.10. The average Bonchev–Trinajstić information content (AvgIpc) is 2.87. The molecule has 0 aromatic heterocycles. The van der Waals surface area contributed by atoms with Gasteiger partial charge in [-0.1, -0.05) is 70.2 Å².